The van der Waals surface area contributed by atoms with Crippen LogP contribution in [0, 0.1) is 12.8 Å². The molecule has 2 aromatic rings. The summed E-state index contributed by atoms with van der Waals surface area (Å²) in [5, 5.41) is 6.26. The quantitative estimate of drug-likeness (QED) is 0.863. The molecule has 0 aromatic heterocycles. The molecule has 2 aromatic carbocycles. The fourth-order valence-electron chi connectivity index (χ4n) is 1.98. The Balaban J connectivity index is 1.92. The van der Waals surface area contributed by atoms with Crippen LogP contribution in [0.1, 0.15) is 25.0 Å². The summed E-state index contributed by atoms with van der Waals surface area (Å²) >= 11 is 0. The van der Waals surface area contributed by atoms with Crippen LogP contribution in [0.5, 0.6) is 0 Å². The van der Waals surface area contributed by atoms with E-state index in [1.165, 1.54) is 11.1 Å². The Hall–Kier alpha value is -2.29. The molecule has 0 aliphatic carbocycles. The lowest BCUT2D eigenvalue weighted by atomic mass is 10.1. The minimum atomic E-state index is -0.0101. The van der Waals surface area contributed by atoms with Gasteiger partial charge < -0.3 is 10.6 Å². The third-order valence-electron chi connectivity index (χ3n) is 3.26. The maximum absolute atomic E-state index is 11.6. The number of aryl methyl sites for hydroxylation is 1. The maximum atomic E-state index is 11.6. The number of carbonyl (C=O) groups is 1. The van der Waals surface area contributed by atoms with Crippen LogP contribution in [0.3, 0.4) is 0 Å². The van der Waals surface area contributed by atoms with Crippen LogP contribution < -0.4 is 10.6 Å². The number of carbonyl (C=O) groups excluding carboxylic acids is 1. The van der Waals surface area contributed by atoms with E-state index in [9.17, 15) is 4.79 Å². The molecule has 0 aliphatic rings. The maximum Gasteiger partial charge on any atom is 0.226 e. The molecule has 0 radical (unpaired) electrons. The highest BCUT2D eigenvalue weighted by molar-refractivity contribution is 5.92. The normalized spacial score (nSPS) is 10.5. The predicted molar refractivity (Wildman–Crippen MR) is 88.4 cm³/mol. The Labute approximate surface area is 126 Å². The topological polar surface area (TPSA) is 41.1 Å². The predicted octanol–water partition coefficient (Wildman–Crippen LogP) is 4.20. The van der Waals surface area contributed by atoms with Crippen LogP contribution in [0.2, 0.25) is 0 Å². The number of amides is 1. The summed E-state index contributed by atoms with van der Waals surface area (Å²) in [7, 11) is 0. The second-order valence-electron chi connectivity index (χ2n) is 5.56. The molecule has 2 N–H and O–H groups in total. The molecule has 1 amide bonds. The summed E-state index contributed by atoms with van der Waals surface area (Å²) in [5.41, 5.74) is 4.39. The summed E-state index contributed by atoms with van der Waals surface area (Å²) < 4.78 is 0. The molecule has 0 saturated carbocycles. The number of nitrogens with one attached hydrogen (secondary N) is 2. The zero-order valence-corrected chi connectivity index (χ0v) is 12.8. The minimum Gasteiger partial charge on any atom is -0.381 e. The summed E-state index contributed by atoms with van der Waals surface area (Å²) in [6, 6.07) is 16.2. The minimum absolute atomic E-state index is 0.0101. The fraction of sp³-hybridized carbons (Fsp3) is 0.278. The van der Waals surface area contributed by atoms with Crippen molar-refractivity contribution < 1.29 is 4.79 Å². The molecule has 0 unspecified atom stereocenters. The van der Waals surface area contributed by atoms with Crippen molar-refractivity contribution in [2.75, 3.05) is 10.6 Å². The van der Waals surface area contributed by atoms with Gasteiger partial charge in [-0.2, -0.15) is 0 Å². The fourth-order valence-corrected chi connectivity index (χ4v) is 1.98. The van der Waals surface area contributed by atoms with Crippen LogP contribution in [0.4, 0.5) is 11.4 Å². The van der Waals surface area contributed by atoms with Gasteiger partial charge in [0, 0.05) is 23.8 Å². The number of anilines is 2. The summed E-state index contributed by atoms with van der Waals surface area (Å²) in [6.45, 7) is 6.65. The van der Waals surface area contributed by atoms with Crippen molar-refractivity contribution in [2.24, 2.45) is 5.92 Å². The van der Waals surface area contributed by atoms with Crippen LogP contribution >= 0.6 is 0 Å². The van der Waals surface area contributed by atoms with Gasteiger partial charge in [-0.3, -0.25) is 4.79 Å². The standard InChI is InChI=1S/C18H22N2O/c1-13(2)18(21)20-17-9-7-16(8-10-17)19-12-15-6-4-5-14(3)11-15/h4-11,13,19H,12H2,1-3H3,(H,20,21). The van der Waals surface area contributed by atoms with Crippen LogP contribution in [0.15, 0.2) is 48.5 Å². The van der Waals surface area contributed by atoms with Crippen molar-refractivity contribution in [1.29, 1.82) is 0 Å². The van der Waals surface area contributed by atoms with E-state index >= 15 is 0 Å². The molecule has 110 valence electrons. The summed E-state index contributed by atoms with van der Waals surface area (Å²) in [6.07, 6.45) is 0. The summed E-state index contributed by atoms with van der Waals surface area (Å²) in [5.74, 6) is 0.0274. The molecule has 2 rings (SSSR count). The number of benzene rings is 2. The number of hydrogen-bond acceptors (Lipinski definition) is 2. The smallest absolute Gasteiger partial charge is 0.226 e. The van der Waals surface area contributed by atoms with Gasteiger partial charge in [-0.15, -0.1) is 0 Å². The van der Waals surface area contributed by atoms with Gasteiger partial charge in [0.2, 0.25) is 5.91 Å². The van der Waals surface area contributed by atoms with E-state index < -0.39 is 0 Å². The number of hydrogen-bond donors (Lipinski definition) is 2. The highest BCUT2D eigenvalue weighted by Crippen LogP contribution is 2.15. The lowest BCUT2D eigenvalue weighted by Gasteiger charge is -2.10. The lowest BCUT2D eigenvalue weighted by Crippen LogP contribution is -2.17. The van der Waals surface area contributed by atoms with Crippen molar-refractivity contribution in [3.05, 3.63) is 59.7 Å². The van der Waals surface area contributed by atoms with Gasteiger partial charge in [-0.05, 0) is 36.8 Å². The molecule has 0 saturated heterocycles. The first-order valence-corrected chi connectivity index (χ1v) is 7.25. The van der Waals surface area contributed by atoms with E-state index in [4.69, 9.17) is 0 Å². The monoisotopic (exact) mass is 282 g/mol. The Kier molecular flexibility index (Phi) is 4.99. The zero-order valence-electron chi connectivity index (χ0n) is 12.8. The van der Waals surface area contributed by atoms with Crippen LogP contribution in [-0.2, 0) is 11.3 Å². The Morgan fingerprint density at radius 1 is 1.05 bits per heavy atom. The van der Waals surface area contributed by atoms with E-state index in [1.54, 1.807) is 0 Å². The Morgan fingerprint density at radius 2 is 1.71 bits per heavy atom. The first-order chi connectivity index (χ1) is 10.0. The van der Waals surface area contributed by atoms with Crippen molar-refractivity contribution in [3.8, 4) is 0 Å². The van der Waals surface area contributed by atoms with E-state index in [0.717, 1.165) is 17.9 Å². The van der Waals surface area contributed by atoms with Crippen LogP contribution in [-0.4, -0.2) is 5.91 Å². The van der Waals surface area contributed by atoms with Gasteiger partial charge in [0.05, 0.1) is 0 Å². The number of rotatable bonds is 5. The molecule has 0 aliphatic heterocycles. The van der Waals surface area contributed by atoms with Gasteiger partial charge in [-0.1, -0.05) is 43.7 Å². The zero-order chi connectivity index (χ0) is 15.2. The molecule has 3 heteroatoms. The van der Waals surface area contributed by atoms with Crippen molar-refractivity contribution in [1.82, 2.24) is 0 Å². The first kappa shape index (κ1) is 15.1. The van der Waals surface area contributed by atoms with Gasteiger partial charge >= 0.3 is 0 Å². The van der Waals surface area contributed by atoms with E-state index in [2.05, 4.69) is 41.8 Å². The SMILES string of the molecule is Cc1cccc(CNc2ccc(NC(=O)C(C)C)cc2)c1. The molecular formula is C18H22N2O. The van der Waals surface area contributed by atoms with Crippen molar-refractivity contribution >= 4 is 17.3 Å². The molecule has 0 spiro atoms. The third kappa shape index (κ3) is 4.63. The van der Waals surface area contributed by atoms with Gasteiger partial charge in [0.15, 0.2) is 0 Å². The summed E-state index contributed by atoms with van der Waals surface area (Å²) in [4.78, 5) is 11.6. The second-order valence-corrected chi connectivity index (χ2v) is 5.56. The van der Waals surface area contributed by atoms with E-state index in [-0.39, 0.29) is 11.8 Å². The van der Waals surface area contributed by atoms with Crippen molar-refractivity contribution in [2.45, 2.75) is 27.3 Å². The first-order valence-electron chi connectivity index (χ1n) is 7.25. The molecule has 0 bridgehead atoms. The highest BCUT2D eigenvalue weighted by atomic mass is 16.1. The molecular weight excluding hydrogens is 260 g/mol. The third-order valence-corrected chi connectivity index (χ3v) is 3.26. The average Bonchev–Trinajstić information content (AvgIpc) is 2.46. The van der Waals surface area contributed by atoms with E-state index in [1.807, 2.05) is 38.1 Å². The van der Waals surface area contributed by atoms with Gasteiger partial charge in [0.25, 0.3) is 0 Å². The van der Waals surface area contributed by atoms with Crippen molar-refractivity contribution in [3.63, 3.8) is 0 Å². The molecule has 21 heavy (non-hydrogen) atoms. The molecule has 3 nitrogen and oxygen atoms in total. The van der Waals surface area contributed by atoms with Crippen LogP contribution in [0.25, 0.3) is 0 Å². The second kappa shape index (κ2) is 6.93. The average molecular weight is 282 g/mol. The molecule has 0 heterocycles. The Bertz CT molecular complexity index is 603. The Morgan fingerprint density at radius 3 is 2.33 bits per heavy atom. The largest absolute Gasteiger partial charge is 0.381 e. The molecule has 0 fully saturated rings. The van der Waals surface area contributed by atoms with E-state index in [0.29, 0.717) is 0 Å². The van der Waals surface area contributed by atoms with Gasteiger partial charge in [0.1, 0.15) is 0 Å². The highest BCUT2D eigenvalue weighted by Gasteiger charge is 2.06. The lowest BCUT2D eigenvalue weighted by molar-refractivity contribution is -0.118. The van der Waals surface area contributed by atoms with Gasteiger partial charge in [-0.25, -0.2) is 0 Å². The molecule has 0 atom stereocenters.